The second-order valence-corrected chi connectivity index (χ2v) is 5.02. The van der Waals surface area contributed by atoms with Gasteiger partial charge in [-0.1, -0.05) is 6.07 Å². The van der Waals surface area contributed by atoms with Crippen molar-refractivity contribution >= 4 is 11.3 Å². The minimum absolute atomic E-state index is 0.901. The van der Waals surface area contributed by atoms with Crippen LogP contribution in [0.1, 0.15) is 16.1 Å². The van der Waals surface area contributed by atoms with Crippen molar-refractivity contribution in [2.45, 2.75) is 20.0 Å². The Labute approximate surface area is 101 Å². The molecule has 0 fully saturated rings. The molecule has 0 aliphatic rings. The molecule has 2 aromatic heterocycles. The van der Waals surface area contributed by atoms with E-state index in [0.29, 0.717) is 0 Å². The number of aryl methyl sites for hydroxylation is 1. The number of hydrogen-bond donors (Lipinski definition) is 0. The molecule has 0 unspecified atom stereocenters. The fourth-order valence-electron chi connectivity index (χ4n) is 1.64. The van der Waals surface area contributed by atoms with E-state index >= 15 is 0 Å². The van der Waals surface area contributed by atoms with Gasteiger partial charge in [0.2, 0.25) is 0 Å². The maximum atomic E-state index is 4.33. The average molecular weight is 232 g/mol. The van der Waals surface area contributed by atoms with E-state index < -0.39 is 0 Å². The average Bonchev–Trinajstić information content (AvgIpc) is 2.66. The van der Waals surface area contributed by atoms with Gasteiger partial charge >= 0.3 is 0 Å². The van der Waals surface area contributed by atoms with Crippen molar-refractivity contribution in [3.05, 3.63) is 52.0 Å². The standard InChI is InChI=1S/C13H16N2S/c1-11-6-8-16-13(11)10-15(2)9-12-5-3-4-7-14-12/h3-8H,9-10H2,1-2H3. The SMILES string of the molecule is Cc1ccsc1CN(C)Cc1ccccn1. The van der Waals surface area contributed by atoms with Gasteiger partial charge in [-0.05, 0) is 43.1 Å². The van der Waals surface area contributed by atoms with Crippen molar-refractivity contribution in [3.8, 4) is 0 Å². The summed E-state index contributed by atoms with van der Waals surface area (Å²) in [6.45, 7) is 4.07. The van der Waals surface area contributed by atoms with Crippen molar-refractivity contribution in [2.75, 3.05) is 7.05 Å². The predicted octanol–water partition coefficient (Wildman–Crippen LogP) is 3.08. The van der Waals surface area contributed by atoms with Crippen molar-refractivity contribution in [3.63, 3.8) is 0 Å². The predicted molar refractivity (Wildman–Crippen MR) is 68.5 cm³/mol. The Bertz CT molecular complexity index is 436. The van der Waals surface area contributed by atoms with E-state index in [9.17, 15) is 0 Å². The highest BCUT2D eigenvalue weighted by Crippen LogP contribution is 2.17. The molecule has 0 atom stereocenters. The minimum atomic E-state index is 0.901. The summed E-state index contributed by atoms with van der Waals surface area (Å²) in [4.78, 5) is 8.07. The van der Waals surface area contributed by atoms with Crippen molar-refractivity contribution in [2.24, 2.45) is 0 Å². The Morgan fingerprint density at radius 2 is 2.12 bits per heavy atom. The molecule has 0 aliphatic heterocycles. The molecule has 0 saturated carbocycles. The molecule has 0 spiro atoms. The first-order valence-corrected chi connectivity index (χ1v) is 6.25. The molecule has 0 N–H and O–H groups in total. The lowest BCUT2D eigenvalue weighted by Gasteiger charge is -2.15. The molecule has 2 aromatic rings. The topological polar surface area (TPSA) is 16.1 Å². The van der Waals surface area contributed by atoms with E-state index in [0.717, 1.165) is 18.8 Å². The van der Waals surface area contributed by atoms with Crippen LogP contribution in [0.25, 0.3) is 0 Å². The maximum absolute atomic E-state index is 4.33. The Kier molecular flexibility index (Phi) is 3.70. The van der Waals surface area contributed by atoms with E-state index in [-0.39, 0.29) is 0 Å². The Balaban J connectivity index is 1.95. The first kappa shape index (κ1) is 11.3. The van der Waals surface area contributed by atoms with E-state index in [1.165, 1.54) is 10.4 Å². The third-order valence-electron chi connectivity index (χ3n) is 2.54. The molecule has 84 valence electrons. The first-order chi connectivity index (χ1) is 7.75. The van der Waals surface area contributed by atoms with Crippen LogP contribution in [0.4, 0.5) is 0 Å². The van der Waals surface area contributed by atoms with E-state index in [2.05, 4.69) is 41.4 Å². The molecule has 2 heterocycles. The molecule has 2 rings (SSSR count). The van der Waals surface area contributed by atoms with Crippen LogP contribution < -0.4 is 0 Å². The van der Waals surface area contributed by atoms with Crippen molar-refractivity contribution in [1.29, 1.82) is 0 Å². The monoisotopic (exact) mass is 232 g/mol. The third-order valence-corrected chi connectivity index (χ3v) is 3.55. The first-order valence-electron chi connectivity index (χ1n) is 5.37. The maximum Gasteiger partial charge on any atom is 0.0543 e. The van der Waals surface area contributed by atoms with Gasteiger partial charge in [0.05, 0.1) is 5.69 Å². The van der Waals surface area contributed by atoms with E-state index in [4.69, 9.17) is 0 Å². The molecular weight excluding hydrogens is 216 g/mol. The molecule has 0 bridgehead atoms. The summed E-state index contributed by atoms with van der Waals surface area (Å²) in [5.74, 6) is 0. The molecule has 3 heteroatoms. The van der Waals surface area contributed by atoms with Gasteiger partial charge in [-0.15, -0.1) is 11.3 Å². The number of nitrogens with zero attached hydrogens (tertiary/aromatic N) is 2. The Morgan fingerprint density at radius 3 is 2.75 bits per heavy atom. The fourth-order valence-corrected chi connectivity index (χ4v) is 2.62. The summed E-state index contributed by atoms with van der Waals surface area (Å²) in [5.41, 5.74) is 2.51. The lowest BCUT2D eigenvalue weighted by Crippen LogP contribution is -2.17. The lowest BCUT2D eigenvalue weighted by atomic mass is 10.2. The van der Waals surface area contributed by atoms with E-state index in [1.807, 2.05) is 29.7 Å². The van der Waals surface area contributed by atoms with Crippen molar-refractivity contribution < 1.29 is 0 Å². The summed E-state index contributed by atoms with van der Waals surface area (Å²) in [7, 11) is 2.13. The zero-order valence-electron chi connectivity index (χ0n) is 9.68. The molecule has 0 amide bonds. The van der Waals surface area contributed by atoms with Gasteiger partial charge in [-0.2, -0.15) is 0 Å². The van der Waals surface area contributed by atoms with Crippen molar-refractivity contribution in [1.82, 2.24) is 9.88 Å². The Hall–Kier alpha value is -1.19. The van der Waals surface area contributed by atoms with Gasteiger partial charge in [-0.25, -0.2) is 0 Å². The molecule has 0 aromatic carbocycles. The molecule has 0 aliphatic carbocycles. The highest BCUT2D eigenvalue weighted by Gasteiger charge is 2.05. The molecule has 0 saturated heterocycles. The third kappa shape index (κ3) is 2.90. The second kappa shape index (κ2) is 5.23. The Morgan fingerprint density at radius 1 is 1.25 bits per heavy atom. The number of aromatic nitrogens is 1. The smallest absolute Gasteiger partial charge is 0.0543 e. The summed E-state index contributed by atoms with van der Waals surface area (Å²) in [6.07, 6.45) is 1.85. The summed E-state index contributed by atoms with van der Waals surface area (Å²) in [6, 6.07) is 8.23. The number of thiophene rings is 1. The molecular formula is C13H16N2S. The number of hydrogen-bond acceptors (Lipinski definition) is 3. The van der Waals surface area contributed by atoms with Crippen LogP contribution in [0.15, 0.2) is 35.8 Å². The molecule has 16 heavy (non-hydrogen) atoms. The summed E-state index contributed by atoms with van der Waals surface area (Å²) >= 11 is 1.83. The van der Waals surface area contributed by atoms with Crippen LogP contribution in [-0.2, 0) is 13.1 Å². The van der Waals surface area contributed by atoms with Crippen LogP contribution in [-0.4, -0.2) is 16.9 Å². The van der Waals surface area contributed by atoms with Gasteiger partial charge in [0.1, 0.15) is 0 Å². The fraction of sp³-hybridized carbons (Fsp3) is 0.308. The highest BCUT2D eigenvalue weighted by molar-refractivity contribution is 7.10. The molecule has 0 radical (unpaired) electrons. The lowest BCUT2D eigenvalue weighted by molar-refractivity contribution is 0.317. The van der Waals surface area contributed by atoms with Crippen LogP contribution in [0, 0.1) is 6.92 Å². The zero-order chi connectivity index (χ0) is 11.4. The van der Waals surface area contributed by atoms with Gasteiger partial charge < -0.3 is 0 Å². The second-order valence-electron chi connectivity index (χ2n) is 4.02. The van der Waals surface area contributed by atoms with Crippen LogP contribution >= 0.6 is 11.3 Å². The minimum Gasteiger partial charge on any atom is -0.295 e. The molecule has 2 nitrogen and oxygen atoms in total. The summed E-state index contributed by atoms with van der Waals surface area (Å²) in [5, 5.41) is 2.15. The quantitative estimate of drug-likeness (QED) is 0.805. The van der Waals surface area contributed by atoms with Gasteiger partial charge in [-0.3, -0.25) is 9.88 Å². The number of pyridine rings is 1. The normalized spacial score (nSPS) is 10.9. The van der Waals surface area contributed by atoms with Crippen LogP contribution in [0.2, 0.25) is 0 Å². The van der Waals surface area contributed by atoms with Crippen LogP contribution in [0.5, 0.6) is 0 Å². The van der Waals surface area contributed by atoms with Gasteiger partial charge in [0.15, 0.2) is 0 Å². The summed E-state index contributed by atoms with van der Waals surface area (Å²) < 4.78 is 0. The zero-order valence-corrected chi connectivity index (χ0v) is 10.5. The highest BCUT2D eigenvalue weighted by atomic mass is 32.1. The van der Waals surface area contributed by atoms with E-state index in [1.54, 1.807) is 0 Å². The number of rotatable bonds is 4. The largest absolute Gasteiger partial charge is 0.295 e. The van der Waals surface area contributed by atoms with Gasteiger partial charge in [0.25, 0.3) is 0 Å². The van der Waals surface area contributed by atoms with Gasteiger partial charge in [0, 0.05) is 24.2 Å². The van der Waals surface area contributed by atoms with Crippen LogP contribution in [0.3, 0.4) is 0 Å².